The van der Waals surface area contributed by atoms with Gasteiger partial charge in [0.05, 0.1) is 11.0 Å². The van der Waals surface area contributed by atoms with E-state index in [9.17, 15) is 4.79 Å². The molecule has 0 aliphatic heterocycles. The summed E-state index contributed by atoms with van der Waals surface area (Å²) >= 11 is 0. The fourth-order valence-corrected chi connectivity index (χ4v) is 4.63. The number of rotatable bonds is 5. The molecule has 1 aromatic heterocycles. The highest BCUT2D eigenvalue weighted by atomic mass is 16.2. The Labute approximate surface area is 179 Å². The standard InChI is InChI=1S/C26H33N3O/c1-26(2,3)25-27-22-16-10-11-17-23(22)29(25)19-24(30)28(21-14-8-5-9-15-21)18-20-12-6-4-7-13-20/h4,6-7,10-13,16-17,21H,5,8-9,14-15,18-19H2,1-3H3. The minimum Gasteiger partial charge on any atom is -0.334 e. The molecular formula is C26H33N3O. The smallest absolute Gasteiger partial charge is 0.243 e. The molecule has 2 aromatic carbocycles. The Morgan fingerprint density at radius 2 is 1.67 bits per heavy atom. The summed E-state index contributed by atoms with van der Waals surface area (Å²) in [5.41, 5.74) is 3.07. The van der Waals surface area contributed by atoms with Crippen molar-refractivity contribution in [3.05, 3.63) is 66.0 Å². The zero-order chi connectivity index (χ0) is 21.1. The van der Waals surface area contributed by atoms with E-state index < -0.39 is 0 Å². The van der Waals surface area contributed by atoms with Crippen molar-refractivity contribution in [2.24, 2.45) is 0 Å². The number of nitrogens with zero attached hydrogens (tertiary/aromatic N) is 3. The van der Waals surface area contributed by atoms with Gasteiger partial charge in [0.2, 0.25) is 5.91 Å². The summed E-state index contributed by atoms with van der Waals surface area (Å²) in [6, 6.07) is 18.9. The Balaban J connectivity index is 1.67. The first-order valence-electron chi connectivity index (χ1n) is 11.2. The summed E-state index contributed by atoms with van der Waals surface area (Å²) < 4.78 is 2.14. The molecule has 30 heavy (non-hydrogen) atoms. The first-order chi connectivity index (χ1) is 14.4. The molecule has 3 aromatic rings. The van der Waals surface area contributed by atoms with Crippen LogP contribution >= 0.6 is 0 Å². The van der Waals surface area contributed by atoms with Crippen molar-refractivity contribution < 1.29 is 4.79 Å². The number of fused-ring (bicyclic) bond motifs is 1. The number of carbonyl (C=O) groups excluding carboxylic acids is 1. The van der Waals surface area contributed by atoms with Gasteiger partial charge in [0, 0.05) is 18.0 Å². The Kier molecular flexibility index (Phi) is 5.94. The SMILES string of the molecule is CC(C)(C)c1nc2ccccc2n1CC(=O)N(Cc1ccccc1)C1CCCCC1. The minimum atomic E-state index is -0.131. The average Bonchev–Trinajstić information content (AvgIpc) is 3.12. The molecule has 4 nitrogen and oxygen atoms in total. The highest BCUT2D eigenvalue weighted by Crippen LogP contribution is 2.28. The van der Waals surface area contributed by atoms with Gasteiger partial charge in [0.1, 0.15) is 12.4 Å². The summed E-state index contributed by atoms with van der Waals surface area (Å²) in [5, 5.41) is 0. The quantitative estimate of drug-likeness (QED) is 0.548. The van der Waals surface area contributed by atoms with Crippen molar-refractivity contribution in [3.63, 3.8) is 0 Å². The lowest BCUT2D eigenvalue weighted by atomic mass is 9.93. The molecule has 0 atom stereocenters. The summed E-state index contributed by atoms with van der Waals surface area (Å²) in [4.78, 5) is 20.7. The van der Waals surface area contributed by atoms with Gasteiger partial charge in [-0.3, -0.25) is 4.79 Å². The summed E-state index contributed by atoms with van der Waals surface area (Å²) in [6.07, 6.45) is 5.92. The fourth-order valence-electron chi connectivity index (χ4n) is 4.63. The lowest BCUT2D eigenvalue weighted by Gasteiger charge is -2.35. The van der Waals surface area contributed by atoms with Gasteiger partial charge in [0.15, 0.2) is 0 Å². The maximum atomic E-state index is 13.7. The first-order valence-corrected chi connectivity index (χ1v) is 11.2. The summed E-state index contributed by atoms with van der Waals surface area (Å²) in [6.45, 7) is 7.52. The minimum absolute atomic E-state index is 0.131. The third kappa shape index (κ3) is 4.43. The van der Waals surface area contributed by atoms with Crippen LogP contribution in [-0.2, 0) is 23.3 Å². The number of hydrogen-bond donors (Lipinski definition) is 0. The number of amides is 1. The van der Waals surface area contributed by atoms with E-state index in [1.807, 2.05) is 24.3 Å². The number of benzene rings is 2. The van der Waals surface area contributed by atoms with Crippen molar-refractivity contribution in [2.75, 3.05) is 0 Å². The molecule has 0 bridgehead atoms. The molecule has 1 saturated carbocycles. The Morgan fingerprint density at radius 3 is 2.37 bits per heavy atom. The van der Waals surface area contributed by atoms with Crippen LogP contribution in [0.1, 0.15) is 64.3 Å². The summed E-state index contributed by atoms with van der Waals surface area (Å²) in [7, 11) is 0. The largest absolute Gasteiger partial charge is 0.334 e. The molecule has 1 aliphatic rings. The second-order valence-electron chi connectivity index (χ2n) is 9.56. The molecule has 0 radical (unpaired) electrons. The van der Waals surface area contributed by atoms with E-state index in [0.29, 0.717) is 19.1 Å². The molecule has 158 valence electrons. The van der Waals surface area contributed by atoms with Gasteiger partial charge in [-0.05, 0) is 30.5 Å². The monoisotopic (exact) mass is 403 g/mol. The van der Waals surface area contributed by atoms with Crippen LogP contribution in [-0.4, -0.2) is 26.4 Å². The predicted molar refractivity (Wildman–Crippen MR) is 122 cm³/mol. The number of carbonyl (C=O) groups is 1. The van der Waals surface area contributed by atoms with Crippen molar-refractivity contribution in [1.29, 1.82) is 0 Å². The Bertz CT molecular complexity index is 994. The van der Waals surface area contributed by atoms with E-state index in [1.165, 1.54) is 24.8 Å². The molecule has 1 fully saturated rings. The molecule has 4 rings (SSSR count). The molecule has 0 saturated heterocycles. The molecule has 1 aliphatic carbocycles. The lowest BCUT2D eigenvalue weighted by Crippen LogP contribution is -2.43. The van der Waals surface area contributed by atoms with E-state index >= 15 is 0 Å². The van der Waals surface area contributed by atoms with Crippen molar-refractivity contribution in [3.8, 4) is 0 Å². The topological polar surface area (TPSA) is 38.1 Å². The van der Waals surface area contributed by atoms with E-state index in [0.717, 1.165) is 29.7 Å². The second-order valence-corrected chi connectivity index (χ2v) is 9.56. The van der Waals surface area contributed by atoms with Crippen molar-refractivity contribution in [1.82, 2.24) is 14.5 Å². The highest BCUT2D eigenvalue weighted by molar-refractivity contribution is 5.81. The molecular weight excluding hydrogens is 370 g/mol. The van der Waals surface area contributed by atoms with Crippen LogP contribution in [0.15, 0.2) is 54.6 Å². The molecule has 0 unspecified atom stereocenters. The Hall–Kier alpha value is -2.62. The third-order valence-electron chi connectivity index (χ3n) is 6.15. The average molecular weight is 404 g/mol. The molecule has 1 heterocycles. The van der Waals surface area contributed by atoms with Crippen molar-refractivity contribution in [2.45, 2.75) is 77.4 Å². The van der Waals surface area contributed by atoms with Gasteiger partial charge >= 0.3 is 0 Å². The maximum Gasteiger partial charge on any atom is 0.243 e. The second kappa shape index (κ2) is 8.63. The molecule has 0 N–H and O–H groups in total. The number of aromatic nitrogens is 2. The van der Waals surface area contributed by atoms with Gasteiger partial charge in [-0.25, -0.2) is 4.98 Å². The van der Waals surface area contributed by atoms with Crippen LogP contribution in [0.25, 0.3) is 11.0 Å². The van der Waals surface area contributed by atoms with Gasteiger partial charge in [-0.1, -0.05) is 82.5 Å². The van der Waals surface area contributed by atoms with E-state index in [4.69, 9.17) is 4.98 Å². The fraction of sp³-hybridized carbons (Fsp3) is 0.462. The number of para-hydroxylation sites is 2. The maximum absolute atomic E-state index is 13.7. The van der Waals surface area contributed by atoms with E-state index in [2.05, 4.69) is 60.6 Å². The molecule has 0 spiro atoms. The molecule has 4 heteroatoms. The van der Waals surface area contributed by atoms with Crippen LogP contribution < -0.4 is 0 Å². The normalized spacial score (nSPS) is 15.4. The van der Waals surface area contributed by atoms with Gasteiger partial charge < -0.3 is 9.47 Å². The van der Waals surface area contributed by atoms with Crippen molar-refractivity contribution >= 4 is 16.9 Å². The Morgan fingerprint density at radius 1 is 1.00 bits per heavy atom. The number of hydrogen-bond acceptors (Lipinski definition) is 2. The van der Waals surface area contributed by atoms with E-state index in [1.54, 1.807) is 0 Å². The van der Waals surface area contributed by atoms with Gasteiger partial charge in [0.25, 0.3) is 0 Å². The van der Waals surface area contributed by atoms with Crippen LogP contribution in [0.3, 0.4) is 0 Å². The lowest BCUT2D eigenvalue weighted by molar-refractivity contribution is -0.135. The molecule has 1 amide bonds. The van der Waals surface area contributed by atoms with Crippen LogP contribution in [0, 0.1) is 0 Å². The third-order valence-corrected chi connectivity index (χ3v) is 6.15. The van der Waals surface area contributed by atoms with Gasteiger partial charge in [-0.15, -0.1) is 0 Å². The summed E-state index contributed by atoms with van der Waals surface area (Å²) in [5.74, 6) is 1.17. The van der Waals surface area contributed by atoms with E-state index in [-0.39, 0.29) is 11.3 Å². The van der Waals surface area contributed by atoms with Crippen LogP contribution in [0.4, 0.5) is 0 Å². The number of imidazole rings is 1. The van der Waals surface area contributed by atoms with Crippen LogP contribution in [0.2, 0.25) is 0 Å². The van der Waals surface area contributed by atoms with Gasteiger partial charge in [-0.2, -0.15) is 0 Å². The zero-order valence-electron chi connectivity index (χ0n) is 18.5. The van der Waals surface area contributed by atoms with Crippen LogP contribution in [0.5, 0.6) is 0 Å². The predicted octanol–water partition coefficient (Wildman–Crippen LogP) is 5.70. The zero-order valence-corrected chi connectivity index (χ0v) is 18.5. The first kappa shape index (κ1) is 20.6. The highest BCUT2D eigenvalue weighted by Gasteiger charge is 2.29.